The number of carboxylic acid groups (broad SMARTS) is 1. The molecule has 0 heterocycles. The Morgan fingerprint density at radius 2 is 2.06 bits per heavy atom. The van der Waals surface area contributed by atoms with E-state index in [-0.39, 0.29) is 11.3 Å². The second-order valence-electron chi connectivity index (χ2n) is 3.23. The van der Waals surface area contributed by atoms with Gasteiger partial charge in [0.15, 0.2) is 6.10 Å². The molecule has 17 heavy (non-hydrogen) atoms. The minimum Gasteiger partial charge on any atom is -0.508 e. The highest BCUT2D eigenvalue weighted by Crippen LogP contribution is 2.14. The van der Waals surface area contributed by atoms with Crippen LogP contribution in [0.5, 0.6) is 5.75 Å². The van der Waals surface area contributed by atoms with E-state index in [0.29, 0.717) is 0 Å². The summed E-state index contributed by atoms with van der Waals surface area (Å²) in [5.74, 6) is -3.63. The standard InChI is InChI=1S/C10H10FNO5/c11-7-3-5(13)1-2-6(7)9(15)12-4-8(14)10(16)17/h1-3,8,13-14H,4H2,(H,12,15)(H,16,17)/t8-/m0/s1. The maximum absolute atomic E-state index is 13.2. The fourth-order valence-electron chi connectivity index (χ4n) is 1.06. The van der Waals surface area contributed by atoms with E-state index in [1.165, 1.54) is 0 Å². The predicted octanol–water partition coefficient (Wildman–Crippen LogP) is -0.293. The number of hydrogen-bond acceptors (Lipinski definition) is 4. The molecular weight excluding hydrogens is 233 g/mol. The van der Waals surface area contributed by atoms with Crippen LogP contribution in [0.15, 0.2) is 18.2 Å². The van der Waals surface area contributed by atoms with Gasteiger partial charge in [-0.15, -0.1) is 0 Å². The Bertz CT molecular complexity index is 448. The van der Waals surface area contributed by atoms with E-state index in [9.17, 15) is 14.0 Å². The van der Waals surface area contributed by atoms with Crippen LogP contribution in [-0.4, -0.2) is 39.8 Å². The first-order valence-corrected chi connectivity index (χ1v) is 4.59. The zero-order valence-corrected chi connectivity index (χ0v) is 8.55. The van der Waals surface area contributed by atoms with E-state index >= 15 is 0 Å². The quantitative estimate of drug-likeness (QED) is 0.581. The van der Waals surface area contributed by atoms with Gasteiger partial charge in [-0.3, -0.25) is 4.79 Å². The zero-order chi connectivity index (χ0) is 13.0. The van der Waals surface area contributed by atoms with Crippen molar-refractivity contribution in [1.29, 1.82) is 0 Å². The number of benzene rings is 1. The number of carbonyl (C=O) groups excluding carboxylic acids is 1. The van der Waals surface area contributed by atoms with Crippen molar-refractivity contribution in [2.75, 3.05) is 6.54 Å². The Kier molecular flexibility index (Phi) is 4.00. The monoisotopic (exact) mass is 243 g/mol. The molecular formula is C10H10FNO5. The summed E-state index contributed by atoms with van der Waals surface area (Å²) in [4.78, 5) is 21.6. The van der Waals surface area contributed by atoms with Gasteiger partial charge in [0, 0.05) is 6.07 Å². The number of carbonyl (C=O) groups is 2. The highest BCUT2D eigenvalue weighted by atomic mass is 19.1. The lowest BCUT2D eigenvalue weighted by Gasteiger charge is -2.08. The van der Waals surface area contributed by atoms with Crippen LogP contribution in [0.3, 0.4) is 0 Å². The van der Waals surface area contributed by atoms with E-state index in [1.807, 2.05) is 5.32 Å². The smallest absolute Gasteiger partial charge is 0.334 e. The molecule has 1 atom stereocenters. The number of carboxylic acids is 1. The molecule has 92 valence electrons. The first kappa shape index (κ1) is 12.9. The van der Waals surface area contributed by atoms with Crippen molar-refractivity contribution in [3.8, 4) is 5.75 Å². The molecule has 0 spiro atoms. The summed E-state index contributed by atoms with van der Waals surface area (Å²) in [5.41, 5.74) is -0.347. The number of halogens is 1. The first-order valence-electron chi connectivity index (χ1n) is 4.59. The molecule has 0 aliphatic carbocycles. The molecule has 0 aliphatic heterocycles. The van der Waals surface area contributed by atoms with Crippen molar-refractivity contribution in [3.63, 3.8) is 0 Å². The topological polar surface area (TPSA) is 107 Å². The fourth-order valence-corrected chi connectivity index (χ4v) is 1.06. The Morgan fingerprint density at radius 3 is 2.59 bits per heavy atom. The number of phenols is 1. The van der Waals surface area contributed by atoms with Crippen LogP contribution in [0, 0.1) is 5.82 Å². The van der Waals surface area contributed by atoms with E-state index < -0.39 is 30.3 Å². The molecule has 1 rings (SSSR count). The Labute approximate surface area is 95.3 Å². The Hall–Kier alpha value is -2.15. The average Bonchev–Trinajstić information content (AvgIpc) is 2.25. The van der Waals surface area contributed by atoms with Gasteiger partial charge < -0.3 is 20.6 Å². The lowest BCUT2D eigenvalue weighted by Crippen LogP contribution is -2.36. The van der Waals surface area contributed by atoms with Crippen molar-refractivity contribution >= 4 is 11.9 Å². The molecule has 0 fully saturated rings. The summed E-state index contributed by atoms with van der Waals surface area (Å²) in [7, 11) is 0. The maximum atomic E-state index is 13.2. The van der Waals surface area contributed by atoms with Gasteiger partial charge in [0.05, 0.1) is 12.1 Å². The molecule has 0 unspecified atom stereocenters. The van der Waals surface area contributed by atoms with E-state index in [2.05, 4.69) is 0 Å². The summed E-state index contributed by atoms with van der Waals surface area (Å²) in [6, 6.07) is 2.92. The zero-order valence-electron chi connectivity index (χ0n) is 8.55. The molecule has 0 saturated carbocycles. The maximum Gasteiger partial charge on any atom is 0.334 e. The first-order chi connectivity index (χ1) is 7.91. The molecule has 7 heteroatoms. The van der Waals surface area contributed by atoms with Gasteiger partial charge in [0.2, 0.25) is 0 Å². The molecule has 0 radical (unpaired) electrons. The largest absolute Gasteiger partial charge is 0.508 e. The average molecular weight is 243 g/mol. The summed E-state index contributed by atoms with van der Waals surface area (Å²) in [5, 5.41) is 28.2. The van der Waals surface area contributed by atoms with Gasteiger partial charge in [0.1, 0.15) is 11.6 Å². The number of phenolic OH excluding ortho intramolecular Hbond substituents is 1. The molecule has 1 aromatic carbocycles. The number of aromatic hydroxyl groups is 1. The predicted molar refractivity (Wildman–Crippen MR) is 54.0 cm³/mol. The molecule has 1 aromatic rings. The van der Waals surface area contributed by atoms with Crippen molar-refractivity contribution in [1.82, 2.24) is 5.32 Å². The third-order valence-electron chi connectivity index (χ3n) is 1.94. The van der Waals surface area contributed by atoms with Crippen molar-refractivity contribution in [2.45, 2.75) is 6.10 Å². The minimum absolute atomic E-state index is 0.329. The number of hydrogen-bond donors (Lipinski definition) is 4. The third-order valence-corrected chi connectivity index (χ3v) is 1.94. The molecule has 0 aliphatic rings. The summed E-state index contributed by atoms with van der Waals surface area (Å²) >= 11 is 0. The summed E-state index contributed by atoms with van der Waals surface area (Å²) in [6.07, 6.45) is -1.75. The molecule has 4 N–H and O–H groups in total. The number of aliphatic hydroxyl groups excluding tert-OH is 1. The number of aliphatic carboxylic acids is 1. The molecule has 0 saturated heterocycles. The van der Waals surface area contributed by atoms with E-state index in [0.717, 1.165) is 18.2 Å². The SMILES string of the molecule is O=C(NC[C@H](O)C(=O)O)c1ccc(O)cc1F. The van der Waals surface area contributed by atoms with Gasteiger partial charge >= 0.3 is 5.97 Å². The second kappa shape index (κ2) is 5.26. The highest BCUT2D eigenvalue weighted by Gasteiger charge is 2.17. The molecule has 6 nitrogen and oxygen atoms in total. The molecule has 1 amide bonds. The van der Waals surface area contributed by atoms with Crippen molar-refractivity contribution < 1.29 is 29.3 Å². The van der Waals surface area contributed by atoms with Crippen LogP contribution in [0.1, 0.15) is 10.4 Å². The van der Waals surface area contributed by atoms with Gasteiger partial charge in [-0.2, -0.15) is 0 Å². The molecule has 0 aromatic heterocycles. The number of nitrogens with one attached hydrogen (secondary N) is 1. The van der Waals surface area contributed by atoms with Crippen molar-refractivity contribution in [3.05, 3.63) is 29.6 Å². The number of amides is 1. The highest BCUT2D eigenvalue weighted by molar-refractivity contribution is 5.94. The van der Waals surface area contributed by atoms with Gasteiger partial charge in [-0.25, -0.2) is 9.18 Å². The van der Waals surface area contributed by atoms with Gasteiger partial charge in [-0.1, -0.05) is 0 Å². The van der Waals surface area contributed by atoms with E-state index in [1.54, 1.807) is 0 Å². The van der Waals surface area contributed by atoms with E-state index in [4.69, 9.17) is 15.3 Å². The van der Waals surface area contributed by atoms with Crippen LogP contribution in [0.25, 0.3) is 0 Å². The van der Waals surface area contributed by atoms with Crippen LogP contribution < -0.4 is 5.32 Å². The third kappa shape index (κ3) is 3.42. The van der Waals surface area contributed by atoms with Crippen LogP contribution in [0.4, 0.5) is 4.39 Å². The number of aliphatic hydroxyl groups is 1. The minimum atomic E-state index is -1.75. The normalized spacial score (nSPS) is 11.9. The van der Waals surface area contributed by atoms with Crippen LogP contribution in [0.2, 0.25) is 0 Å². The lowest BCUT2D eigenvalue weighted by atomic mass is 10.2. The lowest BCUT2D eigenvalue weighted by molar-refractivity contribution is -0.146. The Balaban J connectivity index is 2.67. The molecule has 0 bridgehead atoms. The van der Waals surface area contributed by atoms with Gasteiger partial charge in [0.25, 0.3) is 5.91 Å². The second-order valence-corrected chi connectivity index (χ2v) is 3.23. The fraction of sp³-hybridized carbons (Fsp3) is 0.200. The summed E-state index contributed by atoms with van der Waals surface area (Å²) < 4.78 is 13.2. The number of rotatable bonds is 4. The van der Waals surface area contributed by atoms with Crippen LogP contribution in [-0.2, 0) is 4.79 Å². The summed E-state index contributed by atoms with van der Waals surface area (Å²) in [6.45, 7) is -0.533. The van der Waals surface area contributed by atoms with Crippen molar-refractivity contribution in [2.24, 2.45) is 0 Å². The van der Waals surface area contributed by atoms with Gasteiger partial charge in [-0.05, 0) is 12.1 Å². The van der Waals surface area contributed by atoms with Crippen LogP contribution >= 0.6 is 0 Å². The Morgan fingerprint density at radius 1 is 1.41 bits per heavy atom.